The highest BCUT2D eigenvalue weighted by molar-refractivity contribution is 6.03. The Balaban J connectivity index is 2.21. The van der Waals surface area contributed by atoms with Crippen LogP contribution in [0, 0.1) is 6.92 Å². The summed E-state index contributed by atoms with van der Waals surface area (Å²) in [4.78, 5) is 16.1. The van der Waals surface area contributed by atoms with Gasteiger partial charge >= 0.3 is 0 Å². The van der Waals surface area contributed by atoms with Crippen LogP contribution >= 0.6 is 0 Å². The standard InChI is InChI=1S/C15H16N2O/c1-3-12-6-4-5-7-13(12)17-15(18)14-10-11(2)8-9-16-14/h4-10H,3H2,1-2H3,(H,17,18). The minimum absolute atomic E-state index is 0.167. The number of para-hydroxylation sites is 1. The van der Waals surface area contributed by atoms with Crippen LogP contribution < -0.4 is 5.32 Å². The highest BCUT2D eigenvalue weighted by Crippen LogP contribution is 2.16. The normalized spacial score (nSPS) is 10.1. The van der Waals surface area contributed by atoms with Crippen molar-refractivity contribution in [1.82, 2.24) is 4.98 Å². The SMILES string of the molecule is CCc1ccccc1NC(=O)c1cc(C)ccn1. The van der Waals surface area contributed by atoms with Gasteiger partial charge in [-0.3, -0.25) is 9.78 Å². The number of aromatic nitrogens is 1. The number of carbonyl (C=O) groups is 1. The van der Waals surface area contributed by atoms with E-state index >= 15 is 0 Å². The van der Waals surface area contributed by atoms with Crippen LogP contribution in [0.15, 0.2) is 42.6 Å². The molecule has 1 aromatic carbocycles. The van der Waals surface area contributed by atoms with Crippen molar-refractivity contribution >= 4 is 11.6 Å². The number of hydrogen-bond donors (Lipinski definition) is 1. The predicted octanol–water partition coefficient (Wildman–Crippen LogP) is 3.20. The van der Waals surface area contributed by atoms with Gasteiger partial charge in [-0.2, -0.15) is 0 Å². The zero-order chi connectivity index (χ0) is 13.0. The van der Waals surface area contributed by atoms with Crippen molar-refractivity contribution < 1.29 is 4.79 Å². The van der Waals surface area contributed by atoms with Crippen LogP contribution in [0.4, 0.5) is 5.69 Å². The Bertz CT molecular complexity index is 564. The maximum atomic E-state index is 12.1. The van der Waals surface area contributed by atoms with Gasteiger partial charge in [0.15, 0.2) is 0 Å². The molecule has 0 aliphatic rings. The number of rotatable bonds is 3. The Labute approximate surface area is 107 Å². The van der Waals surface area contributed by atoms with Crippen LogP contribution in [0.25, 0.3) is 0 Å². The molecule has 0 saturated heterocycles. The fourth-order valence-corrected chi connectivity index (χ4v) is 1.80. The second-order valence-corrected chi connectivity index (χ2v) is 4.18. The first-order chi connectivity index (χ1) is 8.70. The smallest absolute Gasteiger partial charge is 0.274 e. The largest absolute Gasteiger partial charge is 0.320 e. The van der Waals surface area contributed by atoms with Crippen LogP contribution in [0.1, 0.15) is 28.5 Å². The van der Waals surface area contributed by atoms with Crippen molar-refractivity contribution in [3.05, 3.63) is 59.4 Å². The van der Waals surface area contributed by atoms with Gasteiger partial charge in [-0.15, -0.1) is 0 Å². The summed E-state index contributed by atoms with van der Waals surface area (Å²) in [6.45, 7) is 4.01. The zero-order valence-electron chi connectivity index (χ0n) is 10.6. The van der Waals surface area contributed by atoms with Crippen LogP contribution in [0.3, 0.4) is 0 Å². The molecule has 1 aromatic heterocycles. The molecule has 0 aliphatic carbocycles. The summed E-state index contributed by atoms with van der Waals surface area (Å²) in [7, 11) is 0. The van der Waals surface area contributed by atoms with Gasteiger partial charge in [-0.1, -0.05) is 25.1 Å². The molecular formula is C15H16N2O. The third-order valence-corrected chi connectivity index (χ3v) is 2.79. The molecule has 1 amide bonds. The Kier molecular flexibility index (Phi) is 3.72. The first-order valence-electron chi connectivity index (χ1n) is 6.02. The molecule has 2 aromatic rings. The summed E-state index contributed by atoms with van der Waals surface area (Å²) in [5.41, 5.74) is 3.45. The van der Waals surface area contributed by atoms with E-state index in [0.717, 1.165) is 23.2 Å². The number of hydrogen-bond acceptors (Lipinski definition) is 2. The lowest BCUT2D eigenvalue weighted by Gasteiger charge is -2.09. The van der Waals surface area contributed by atoms with Crippen molar-refractivity contribution in [2.75, 3.05) is 5.32 Å². The average Bonchev–Trinajstić information content (AvgIpc) is 2.39. The Morgan fingerprint density at radius 3 is 2.78 bits per heavy atom. The molecule has 0 radical (unpaired) electrons. The van der Waals surface area contributed by atoms with Crippen LogP contribution in [0.2, 0.25) is 0 Å². The predicted molar refractivity (Wildman–Crippen MR) is 72.7 cm³/mol. The van der Waals surface area contributed by atoms with Crippen LogP contribution in [-0.2, 0) is 6.42 Å². The van der Waals surface area contributed by atoms with E-state index in [9.17, 15) is 4.79 Å². The Morgan fingerprint density at radius 2 is 2.06 bits per heavy atom. The van der Waals surface area contributed by atoms with Gasteiger partial charge in [0.1, 0.15) is 5.69 Å². The maximum absolute atomic E-state index is 12.1. The molecule has 2 rings (SSSR count). The average molecular weight is 240 g/mol. The summed E-state index contributed by atoms with van der Waals surface area (Å²) >= 11 is 0. The van der Waals surface area contributed by atoms with Crippen molar-refractivity contribution in [1.29, 1.82) is 0 Å². The molecule has 18 heavy (non-hydrogen) atoms. The van der Waals surface area contributed by atoms with Crippen molar-refractivity contribution in [3.63, 3.8) is 0 Å². The molecule has 3 nitrogen and oxygen atoms in total. The maximum Gasteiger partial charge on any atom is 0.274 e. The summed E-state index contributed by atoms with van der Waals surface area (Å²) in [5.74, 6) is -0.167. The van der Waals surface area contributed by atoms with Gasteiger partial charge in [-0.25, -0.2) is 0 Å². The second kappa shape index (κ2) is 5.45. The molecule has 0 aliphatic heterocycles. The molecule has 92 valence electrons. The van der Waals surface area contributed by atoms with Gasteiger partial charge < -0.3 is 5.32 Å². The fraction of sp³-hybridized carbons (Fsp3) is 0.200. The van der Waals surface area contributed by atoms with Crippen LogP contribution in [-0.4, -0.2) is 10.9 Å². The number of amides is 1. The topological polar surface area (TPSA) is 42.0 Å². The molecule has 0 spiro atoms. The number of carbonyl (C=O) groups excluding carboxylic acids is 1. The first kappa shape index (κ1) is 12.3. The van der Waals surface area contributed by atoms with Gasteiger partial charge in [0, 0.05) is 11.9 Å². The van der Waals surface area contributed by atoms with E-state index in [1.54, 1.807) is 12.3 Å². The number of aryl methyl sites for hydroxylation is 2. The Morgan fingerprint density at radius 1 is 1.28 bits per heavy atom. The third-order valence-electron chi connectivity index (χ3n) is 2.79. The van der Waals surface area contributed by atoms with E-state index in [1.165, 1.54) is 0 Å². The Hall–Kier alpha value is -2.16. The van der Waals surface area contributed by atoms with E-state index in [4.69, 9.17) is 0 Å². The number of anilines is 1. The van der Waals surface area contributed by atoms with Gasteiger partial charge in [-0.05, 0) is 42.7 Å². The third kappa shape index (κ3) is 2.74. The molecule has 0 unspecified atom stereocenters. The summed E-state index contributed by atoms with van der Waals surface area (Å²) in [6, 6.07) is 11.5. The van der Waals surface area contributed by atoms with Gasteiger partial charge in [0.2, 0.25) is 0 Å². The van der Waals surface area contributed by atoms with Gasteiger partial charge in [0.05, 0.1) is 0 Å². The minimum Gasteiger partial charge on any atom is -0.320 e. The monoisotopic (exact) mass is 240 g/mol. The molecule has 0 atom stereocenters. The lowest BCUT2D eigenvalue weighted by Crippen LogP contribution is -2.14. The molecule has 1 N–H and O–H groups in total. The fourth-order valence-electron chi connectivity index (χ4n) is 1.80. The summed E-state index contributed by atoms with van der Waals surface area (Å²) < 4.78 is 0. The zero-order valence-corrected chi connectivity index (χ0v) is 10.6. The summed E-state index contributed by atoms with van der Waals surface area (Å²) in [5, 5.41) is 2.90. The molecule has 0 saturated carbocycles. The minimum atomic E-state index is -0.167. The highest BCUT2D eigenvalue weighted by Gasteiger charge is 2.09. The summed E-state index contributed by atoms with van der Waals surface area (Å²) in [6.07, 6.45) is 2.54. The van der Waals surface area contributed by atoms with E-state index in [-0.39, 0.29) is 5.91 Å². The lowest BCUT2D eigenvalue weighted by atomic mass is 10.1. The van der Waals surface area contributed by atoms with E-state index in [1.807, 2.05) is 37.3 Å². The second-order valence-electron chi connectivity index (χ2n) is 4.18. The lowest BCUT2D eigenvalue weighted by molar-refractivity contribution is 0.102. The number of pyridine rings is 1. The first-order valence-corrected chi connectivity index (χ1v) is 6.02. The molecule has 0 fully saturated rings. The van der Waals surface area contributed by atoms with E-state index in [0.29, 0.717) is 5.69 Å². The highest BCUT2D eigenvalue weighted by atomic mass is 16.1. The molecule has 0 bridgehead atoms. The molecule has 3 heteroatoms. The quantitative estimate of drug-likeness (QED) is 0.895. The molecular weight excluding hydrogens is 224 g/mol. The number of benzene rings is 1. The molecule has 1 heterocycles. The number of nitrogens with zero attached hydrogens (tertiary/aromatic N) is 1. The van der Waals surface area contributed by atoms with Gasteiger partial charge in [0.25, 0.3) is 5.91 Å². The van der Waals surface area contributed by atoms with E-state index < -0.39 is 0 Å². The van der Waals surface area contributed by atoms with Crippen molar-refractivity contribution in [3.8, 4) is 0 Å². The van der Waals surface area contributed by atoms with Crippen molar-refractivity contribution in [2.45, 2.75) is 20.3 Å². The van der Waals surface area contributed by atoms with Crippen LogP contribution in [0.5, 0.6) is 0 Å². The van der Waals surface area contributed by atoms with E-state index in [2.05, 4.69) is 17.2 Å². The number of nitrogens with one attached hydrogen (secondary N) is 1. The van der Waals surface area contributed by atoms with Crippen molar-refractivity contribution in [2.24, 2.45) is 0 Å².